The first-order valence-electron chi connectivity index (χ1n) is 19.8. The van der Waals surface area contributed by atoms with Crippen LogP contribution in [0.25, 0.3) is 0 Å². The molecule has 1 aliphatic heterocycles. The van der Waals surface area contributed by atoms with Crippen LogP contribution in [0.5, 0.6) is 0 Å². The Kier molecular flexibility index (Phi) is 14.8. The molecule has 1 saturated heterocycles. The Morgan fingerprint density at radius 2 is 1.52 bits per heavy atom. The number of nitrogens with zero attached hydrogens (tertiary/aromatic N) is 4. The van der Waals surface area contributed by atoms with Crippen molar-refractivity contribution in [3.05, 3.63) is 161 Å². The maximum atomic E-state index is 14.1. The van der Waals surface area contributed by atoms with E-state index in [0.717, 1.165) is 16.7 Å². The summed E-state index contributed by atoms with van der Waals surface area (Å²) in [5, 5.41) is 15.0. The van der Waals surface area contributed by atoms with E-state index >= 15 is 0 Å². The number of aromatic nitrogens is 3. The van der Waals surface area contributed by atoms with Crippen LogP contribution in [0.2, 0.25) is 0 Å². The van der Waals surface area contributed by atoms with Gasteiger partial charge in [0.2, 0.25) is 11.7 Å². The van der Waals surface area contributed by atoms with Crippen molar-refractivity contribution in [1.29, 1.82) is 0 Å². The molecule has 4 aromatic carbocycles. The third kappa shape index (κ3) is 11.6. The van der Waals surface area contributed by atoms with Gasteiger partial charge in [0.05, 0.1) is 12.0 Å². The second kappa shape index (κ2) is 20.2. The van der Waals surface area contributed by atoms with Crippen LogP contribution in [-0.2, 0) is 44.8 Å². The molecule has 5 atom stereocenters. The molecule has 1 N–H and O–H groups in total. The number of hydrogen-bond donors (Lipinski definition) is 1. The molecule has 2 heterocycles. The number of β-lactam (4-membered cyclic amide) rings is 1. The molecular weight excluding hydrogens is 829 g/mol. The first-order chi connectivity index (χ1) is 29.6. The van der Waals surface area contributed by atoms with Gasteiger partial charge in [-0.05, 0) is 89.9 Å². The number of ether oxygens (including phenoxy) is 3. The number of esters is 3. The van der Waals surface area contributed by atoms with Crippen LogP contribution in [0.4, 0.5) is 10.1 Å². The van der Waals surface area contributed by atoms with Gasteiger partial charge in [-0.1, -0.05) is 97.2 Å². The number of anilines is 1. The fourth-order valence-corrected chi connectivity index (χ4v) is 7.66. The summed E-state index contributed by atoms with van der Waals surface area (Å²) in [7, 11) is 5.56. The molecule has 0 saturated carbocycles. The van der Waals surface area contributed by atoms with Gasteiger partial charge in [-0.2, -0.15) is 0 Å². The predicted molar refractivity (Wildman–Crippen MR) is 237 cm³/mol. The fraction of sp³-hybridized carbons (Fsp3) is 0.277. The number of aliphatic hydroxyl groups is 1. The topological polar surface area (TPSA) is 150 Å². The van der Waals surface area contributed by atoms with E-state index in [4.69, 9.17) is 14.2 Å². The van der Waals surface area contributed by atoms with Gasteiger partial charge in [0.1, 0.15) is 36.5 Å². The van der Waals surface area contributed by atoms with E-state index in [0.29, 0.717) is 41.9 Å². The molecule has 0 spiro atoms. The summed E-state index contributed by atoms with van der Waals surface area (Å²) in [5.41, 5.74) is 3.05. The van der Waals surface area contributed by atoms with Crippen molar-refractivity contribution < 1.29 is 42.9 Å². The highest BCUT2D eigenvalue weighted by Gasteiger charge is 2.48. The molecular formula is C47H47FN4O8P2. The normalized spacial score (nSPS) is 15.6. The second-order valence-electron chi connectivity index (χ2n) is 15.0. The van der Waals surface area contributed by atoms with E-state index in [-0.39, 0.29) is 25.2 Å². The van der Waals surface area contributed by atoms with Crippen LogP contribution in [0.3, 0.4) is 0 Å². The lowest BCUT2D eigenvalue weighted by Gasteiger charge is -2.48. The Bertz CT molecular complexity index is 2450. The Labute approximate surface area is 364 Å². The molecule has 5 aromatic rings. The van der Waals surface area contributed by atoms with Gasteiger partial charge in [0, 0.05) is 32.0 Å². The van der Waals surface area contributed by atoms with Crippen LogP contribution in [0.1, 0.15) is 79.4 Å². The first kappa shape index (κ1) is 45.5. The lowest BCUT2D eigenvalue weighted by Crippen LogP contribution is -2.55. The molecule has 320 valence electrons. The van der Waals surface area contributed by atoms with Gasteiger partial charge in [-0.3, -0.25) is 19.2 Å². The van der Waals surface area contributed by atoms with Gasteiger partial charge >= 0.3 is 17.9 Å². The molecule has 15 heteroatoms. The molecule has 1 aliphatic rings. The number of hydrogen-bond acceptors (Lipinski definition) is 10. The maximum Gasteiger partial charge on any atom is 0.303 e. The number of benzene rings is 4. The molecule has 12 nitrogen and oxygen atoms in total. The van der Waals surface area contributed by atoms with Crippen LogP contribution in [0.15, 0.2) is 122 Å². The Hall–Kier alpha value is -6.05. The van der Waals surface area contributed by atoms with E-state index in [1.54, 1.807) is 34.1 Å². The van der Waals surface area contributed by atoms with Crippen molar-refractivity contribution in [3.8, 4) is 11.8 Å². The zero-order chi connectivity index (χ0) is 44.4. The highest BCUT2D eigenvalue weighted by atomic mass is 31.1. The van der Waals surface area contributed by atoms with Crippen molar-refractivity contribution in [3.63, 3.8) is 0 Å². The summed E-state index contributed by atoms with van der Waals surface area (Å²) in [6, 6.07) is 30.3. The number of rotatable bonds is 16. The Morgan fingerprint density at radius 1 is 0.871 bits per heavy atom. The summed E-state index contributed by atoms with van der Waals surface area (Å²) >= 11 is 0. The largest absolute Gasteiger partial charge is 0.462 e. The van der Waals surface area contributed by atoms with Gasteiger partial charge in [0.15, 0.2) is 5.60 Å². The van der Waals surface area contributed by atoms with Crippen molar-refractivity contribution in [2.24, 2.45) is 5.92 Å². The lowest BCUT2D eigenvalue weighted by molar-refractivity contribution is -0.155. The SMILES string of the molecule is CC(=O)OCC(O)(/C=C/Cc1ccc([C@@H]2C(CC[C@H](OC(C)=O)c3ccc(F)cc3)C(=O)N2c2ccc(C#Cc3ncn(C(P)(P)c4ccccc4)n3)cc2)cc1)COC(C)=O. The molecule has 6 rings (SSSR count). The highest BCUT2D eigenvalue weighted by Crippen LogP contribution is 2.47. The average Bonchev–Trinajstić information content (AvgIpc) is 3.75. The minimum Gasteiger partial charge on any atom is -0.462 e. The predicted octanol–water partition coefficient (Wildman–Crippen LogP) is 6.97. The third-order valence-corrected chi connectivity index (χ3v) is 11.4. The van der Waals surface area contributed by atoms with E-state index in [1.807, 2.05) is 78.9 Å². The molecule has 1 fully saturated rings. The zero-order valence-corrected chi connectivity index (χ0v) is 36.8. The lowest BCUT2D eigenvalue weighted by atomic mass is 9.78. The van der Waals surface area contributed by atoms with E-state index in [2.05, 4.69) is 40.4 Å². The number of carbonyl (C=O) groups is 4. The van der Waals surface area contributed by atoms with Gasteiger partial charge < -0.3 is 24.2 Å². The van der Waals surface area contributed by atoms with Gasteiger partial charge in [0.25, 0.3) is 0 Å². The standard InChI is InChI=1S/C47H47FN4O8P2/c1-31(53)58-28-46(57,29-59-32(2)54)27-7-8-34-11-16-37(17-12-34)44-41(24-25-42(60-33(3)55)36-18-20-39(48)21-19-36)45(56)52(44)40-22-13-35(14-23-40)15-26-43-49-30-51(50-43)47(61,62)38-9-5-4-6-10-38/h4-7,9-14,16-23,27,30,41-42,44,57H,8,24-25,28-29,61-62H2,1-3H3/b27-7+/t41?,42-,44+/m0/s1. The zero-order valence-electron chi connectivity index (χ0n) is 34.4. The van der Waals surface area contributed by atoms with Crippen molar-refractivity contribution >= 4 is 48.0 Å². The monoisotopic (exact) mass is 876 g/mol. The summed E-state index contributed by atoms with van der Waals surface area (Å²) in [6.07, 6.45) is 5.20. The molecule has 1 aromatic heterocycles. The minimum atomic E-state index is -1.71. The number of allylic oxidation sites excluding steroid dienone is 1. The maximum absolute atomic E-state index is 14.1. The number of amides is 1. The van der Waals surface area contributed by atoms with E-state index in [1.165, 1.54) is 39.0 Å². The van der Waals surface area contributed by atoms with Crippen LogP contribution in [0, 0.1) is 23.6 Å². The third-order valence-electron chi connectivity index (χ3n) is 10.2. The van der Waals surface area contributed by atoms with E-state index < -0.39 is 46.4 Å². The first-order valence-corrected chi connectivity index (χ1v) is 21.0. The van der Waals surface area contributed by atoms with Crippen LogP contribution < -0.4 is 4.90 Å². The van der Waals surface area contributed by atoms with Crippen molar-refractivity contribution in [1.82, 2.24) is 14.8 Å². The number of carbonyl (C=O) groups excluding carboxylic acids is 4. The Balaban J connectivity index is 1.21. The molecule has 0 radical (unpaired) electrons. The molecule has 3 unspecified atom stereocenters. The summed E-state index contributed by atoms with van der Waals surface area (Å²) in [6.45, 7) is 2.97. The van der Waals surface area contributed by atoms with E-state index in [9.17, 15) is 28.7 Å². The number of halogens is 1. The summed E-state index contributed by atoms with van der Waals surface area (Å²) in [4.78, 5) is 55.1. The molecule has 0 bridgehead atoms. The smallest absolute Gasteiger partial charge is 0.303 e. The van der Waals surface area contributed by atoms with Crippen molar-refractivity contribution in [2.75, 3.05) is 18.1 Å². The summed E-state index contributed by atoms with van der Waals surface area (Å²) in [5.74, 6) is 3.87. The minimum absolute atomic E-state index is 0.104. The average molecular weight is 877 g/mol. The summed E-state index contributed by atoms with van der Waals surface area (Å²) < 4.78 is 31.1. The second-order valence-corrected chi connectivity index (χ2v) is 17.4. The quantitative estimate of drug-likeness (QED) is 0.0275. The Morgan fingerprint density at radius 3 is 2.13 bits per heavy atom. The van der Waals surface area contributed by atoms with Crippen molar-refractivity contribution in [2.45, 2.75) is 62.8 Å². The fourth-order valence-electron chi connectivity index (χ4n) is 7.03. The van der Waals surface area contributed by atoms with Crippen LogP contribution in [-0.4, -0.2) is 62.5 Å². The van der Waals surface area contributed by atoms with Crippen LogP contribution >= 0.6 is 18.5 Å². The molecule has 0 aliphatic carbocycles. The molecule has 62 heavy (non-hydrogen) atoms. The van der Waals surface area contributed by atoms with Gasteiger partial charge in [-0.25, -0.2) is 14.1 Å². The highest BCUT2D eigenvalue weighted by molar-refractivity contribution is 7.38. The molecule has 1 amide bonds. The van der Waals surface area contributed by atoms with Gasteiger partial charge in [-0.15, -0.1) is 5.10 Å².